The molecule has 0 bridgehead atoms. The molecule has 214 valence electrons. The summed E-state index contributed by atoms with van der Waals surface area (Å²) in [5, 5.41) is 9.34. The minimum absolute atomic E-state index is 0.113. The number of benzene rings is 1. The summed E-state index contributed by atoms with van der Waals surface area (Å²) in [6, 6.07) is 9.38. The number of thioether (sulfide) groups is 1. The molecule has 0 radical (unpaired) electrons. The van der Waals surface area contributed by atoms with Crippen LogP contribution in [0.1, 0.15) is 17.0 Å². The molecule has 3 aromatic rings. The van der Waals surface area contributed by atoms with Crippen LogP contribution >= 0.6 is 125 Å². The maximum absolute atomic E-state index is 6.12. The molecule has 2 aromatic heterocycles. The number of aromatic nitrogens is 4. The highest BCUT2D eigenvalue weighted by Crippen LogP contribution is 2.78. The third kappa shape index (κ3) is 5.52. The van der Waals surface area contributed by atoms with Gasteiger partial charge >= 0.3 is 0 Å². The molecule has 6 nitrogen and oxygen atoms in total. The van der Waals surface area contributed by atoms with Gasteiger partial charge in [-0.25, -0.2) is 0 Å². The molecule has 0 spiro atoms. The van der Waals surface area contributed by atoms with E-state index in [1.54, 1.807) is 19.5 Å². The SMILES string of the molecule is COCC#Cc1ccc(OCc2nnc(SC3(S)C(S)(S)C(S)(S)C(S)(S)C3(S)S)n2-c2cccnc2)cc1C. The summed E-state index contributed by atoms with van der Waals surface area (Å²) < 4.78 is 6.36. The van der Waals surface area contributed by atoms with Crippen LogP contribution in [-0.4, -0.2) is 53.9 Å². The Bertz CT molecular complexity index is 1420. The van der Waals surface area contributed by atoms with E-state index in [1.165, 1.54) is 11.8 Å². The lowest BCUT2D eigenvalue weighted by atomic mass is 10.1. The zero-order chi connectivity index (χ0) is 29.6. The van der Waals surface area contributed by atoms with E-state index in [2.05, 4.69) is 27.0 Å². The van der Waals surface area contributed by atoms with Gasteiger partial charge in [-0.2, -0.15) is 114 Å². The molecule has 0 amide bonds. The lowest BCUT2D eigenvalue weighted by Crippen LogP contribution is -2.49. The van der Waals surface area contributed by atoms with Crippen LogP contribution in [0.25, 0.3) is 5.69 Å². The Morgan fingerprint density at radius 3 is 2.17 bits per heavy atom. The first-order valence-corrected chi connectivity index (χ1v) is 16.2. The number of hydrogen-bond donors (Lipinski definition) is 9. The summed E-state index contributed by atoms with van der Waals surface area (Å²) in [6.45, 7) is 2.45. The monoisotopic (exact) mass is 722 g/mol. The second-order valence-corrected chi connectivity index (χ2v) is 17.8. The number of hydrogen-bond acceptors (Lipinski definition) is 15. The molecule has 1 aliphatic rings. The fourth-order valence-electron chi connectivity index (χ4n) is 3.90. The number of thiol groups is 9. The summed E-state index contributed by atoms with van der Waals surface area (Å²) >= 11 is 44.5. The Morgan fingerprint density at radius 1 is 0.925 bits per heavy atom. The third-order valence-corrected chi connectivity index (χ3v) is 17.3. The van der Waals surface area contributed by atoms with Gasteiger partial charge in [-0.3, -0.25) is 9.55 Å². The molecular formula is C24H26N4O2S10. The maximum Gasteiger partial charge on any atom is 0.197 e. The number of methoxy groups -OCH3 is 1. The van der Waals surface area contributed by atoms with Crippen molar-refractivity contribution in [3.05, 3.63) is 59.7 Å². The normalized spacial score (nSPS) is 19.6. The molecule has 0 N–H and O–H groups in total. The topological polar surface area (TPSA) is 62.1 Å². The summed E-state index contributed by atoms with van der Waals surface area (Å²) in [6.07, 6.45) is 3.37. The minimum atomic E-state index is -1.33. The van der Waals surface area contributed by atoms with Gasteiger partial charge in [0, 0.05) is 18.9 Å². The fraction of sp³-hybridized carbons (Fsp3) is 0.375. The molecule has 0 aliphatic heterocycles. The molecule has 40 heavy (non-hydrogen) atoms. The van der Waals surface area contributed by atoms with E-state index < -0.39 is 20.4 Å². The number of nitrogens with zero attached hydrogens (tertiary/aromatic N) is 4. The average molecular weight is 723 g/mol. The van der Waals surface area contributed by atoms with Crippen molar-refractivity contribution < 1.29 is 9.47 Å². The molecule has 2 heterocycles. The zero-order valence-electron chi connectivity index (χ0n) is 21.0. The first-order chi connectivity index (χ1) is 18.6. The molecule has 0 atom stereocenters. The molecule has 1 fully saturated rings. The molecule has 16 heteroatoms. The predicted molar refractivity (Wildman–Crippen MR) is 194 cm³/mol. The van der Waals surface area contributed by atoms with Crippen LogP contribution < -0.4 is 4.74 Å². The van der Waals surface area contributed by atoms with Gasteiger partial charge < -0.3 is 9.47 Å². The van der Waals surface area contributed by atoms with E-state index in [4.69, 9.17) is 123 Å². The van der Waals surface area contributed by atoms with Crippen LogP contribution in [0.2, 0.25) is 0 Å². The minimum Gasteiger partial charge on any atom is -0.486 e. The number of pyridine rings is 1. The first-order valence-electron chi connectivity index (χ1n) is 11.4. The Balaban J connectivity index is 1.70. The molecule has 0 saturated heterocycles. The van der Waals surface area contributed by atoms with E-state index >= 15 is 0 Å². The van der Waals surface area contributed by atoms with Crippen LogP contribution in [0, 0.1) is 18.8 Å². The maximum atomic E-state index is 6.12. The number of rotatable bonds is 7. The molecule has 1 saturated carbocycles. The average Bonchev–Trinajstić information content (AvgIpc) is 3.31. The van der Waals surface area contributed by atoms with E-state index in [1.807, 2.05) is 41.8 Å². The van der Waals surface area contributed by atoms with Gasteiger partial charge in [-0.05, 0) is 42.8 Å². The van der Waals surface area contributed by atoms with Crippen molar-refractivity contribution in [3.8, 4) is 23.3 Å². The van der Waals surface area contributed by atoms with Crippen molar-refractivity contribution in [2.75, 3.05) is 13.7 Å². The Morgan fingerprint density at radius 2 is 1.60 bits per heavy atom. The molecular weight excluding hydrogens is 697 g/mol. The van der Waals surface area contributed by atoms with E-state index in [0.29, 0.717) is 29.0 Å². The quantitative estimate of drug-likeness (QED) is 0.0913. The lowest BCUT2D eigenvalue weighted by Gasteiger charge is -2.43. The van der Waals surface area contributed by atoms with Crippen LogP contribution in [0.15, 0.2) is 47.9 Å². The van der Waals surface area contributed by atoms with Crippen LogP contribution in [0.5, 0.6) is 5.75 Å². The first kappa shape index (κ1) is 33.2. The van der Waals surface area contributed by atoms with E-state index in [0.717, 1.165) is 11.1 Å². The highest BCUT2D eigenvalue weighted by atomic mass is 32.2. The fourth-order valence-corrected chi connectivity index (χ4v) is 10.7. The number of aryl methyl sites for hydroxylation is 1. The van der Waals surface area contributed by atoms with Gasteiger partial charge in [-0.1, -0.05) is 23.6 Å². The van der Waals surface area contributed by atoms with Gasteiger partial charge in [0.15, 0.2) is 11.0 Å². The summed E-state index contributed by atoms with van der Waals surface area (Å²) in [5.74, 6) is 7.23. The summed E-state index contributed by atoms with van der Waals surface area (Å²) in [4.78, 5) is 4.27. The highest BCUT2D eigenvalue weighted by molar-refractivity contribution is 8.21. The molecule has 1 aromatic carbocycles. The highest BCUT2D eigenvalue weighted by Gasteiger charge is 2.81. The van der Waals surface area contributed by atoms with Crippen molar-refractivity contribution >= 4 is 125 Å². The van der Waals surface area contributed by atoms with Gasteiger partial charge in [0.05, 0.1) is 11.9 Å². The van der Waals surface area contributed by atoms with Crippen molar-refractivity contribution in [2.45, 2.75) is 39.1 Å². The Labute approximate surface area is 287 Å². The Hall–Kier alpha value is 0.330. The van der Waals surface area contributed by atoms with Crippen molar-refractivity contribution in [1.29, 1.82) is 0 Å². The van der Waals surface area contributed by atoms with Gasteiger partial charge in [-0.15, -0.1) is 10.2 Å². The lowest BCUT2D eigenvalue weighted by molar-refractivity contribution is 0.240. The second-order valence-electron chi connectivity index (χ2n) is 8.88. The van der Waals surface area contributed by atoms with Gasteiger partial charge in [0.1, 0.15) is 39.4 Å². The van der Waals surface area contributed by atoms with Gasteiger partial charge in [0.2, 0.25) is 0 Å². The predicted octanol–water partition coefficient (Wildman–Crippen LogP) is 5.50. The third-order valence-electron chi connectivity index (χ3n) is 6.25. The Kier molecular flexibility index (Phi) is 10.3. The smallest absolute Gasteiger partial charge is 0.197 e. The van der Waals surface area contributed by atoms with E-state index in [-0.39, 0.29) is 6.61 Å². The molecule has 1 aliphatic carbocycles. The molecule has 4 rings (SSSR count). The largest absolute Gasteiger partial charge is 0.486 e. The standard InChI is InChI=1S/C24H26N4O2S10/c1-14-11-17(8-7-15(14)5-4-10-29-2)30-13-18-26-27-19(28(18)16-6-3-9-25-12-16)40-24(39)22(35,36)20(31,32)21(33,34)23(24,37)38/h3,6-9,11-12,31-39H,10,13H2,1-2H3. The zero-order valence-corrected chi connectivity index (χ0v) is 29.9. The van der Waals surface area contributed by atoms with Crippen LogP contribution in [-0.2, 0) is 11.3 Å². The summed E-state index contributed by atoms with van der Waals surface area (Å²) in [7, 11) is 1.61. The van der Waals surface area contributed by atoms with Gasteiger partial charge in [0.25, 0.3) is 0 Å². The van der Waals surface area contributed by atoms with Crippen LogP contribution in [0.4, 0.5) is 0 Å². The second kappa shape index (κ2) is 12.4. The summed E-state index contributed by atoms with van der Waals surface area (Å²) in [5.41, 5.74) is 2.59. The van der Waals surface area contributed by atoms with Crippen molar-refractivity contribution in [3.63, 3.8) is 0 Å². The number of ether oxygens (including phenoxy) is 2. The van der Waals surface area contributed by atoms with Crippen molar-refractivity contribution in [2.24, 2.45) is 0 Å². The van der Waals surface area contributed by atoms with E-state index in [9.17, 15) is 0 Å². The van der Waals surface area contributed by atoms with Crippen molar-refractivity contribution in [1.82, 2.24) is 19.7 Å². The molecule has 0 unspecified atom stereocenters. The van der Waals surface area contributed by atoms with Crippen LogP contribution in [0.3, 0.4) is 0 Å².